The lowest BCUT2D eigenvalue weighted by molar-refractivity contribution is 0.253. The van der Waals surface area contributed by atoms with Gasteiger partial charge in [0.1, 0.15) is 5.75 Å². The fraction of sp³-hybridized carbons (Fsp3) is 0.333. The molecule has 0 saturated heterocycles. The minimum Gasteiger partial charge on any atom is -0.504 e. The van der Waals surface area contributed by atoms with Crippen LogP contribution in [0.2, 0.25) is 0 Å². The van der Waals surface area contributed by atoms with Crippen molar-refractivity contribution >= 4 is 0 Å². The lowest BCUT2D eigenvalue weighted by Crippen LogP contribution is -2.19. The van der Waals surface area contributed by atoms with Crippen LogP contribution in [0.15, 0.2) is 18.2 Å². The van der Waals surface area contributed by atoms with E-state index >= 15 is 0 Å². The van der Waals surface area contributed by atoms with Gasteiger partial charge in [0, 0.05) is 17.5 Å². The van der Waals surface area contributed by atoms with Crippen molar-refractivity contribution in [3.63, 3.8) is 0 Å². The molecule has 25 heavy (non-hydrogen) atoms. The standard InChI is InChI=1S/C18H20O7/c1-22-15-5-9-4-10(8-25-14(9)7-12(15)19)11-6-13(20)17(23-2)18(24-3)16(11)21/h5-7,10,19-21H,4,8H2,1-3H3/t10-/m0/s1. The fourth-order valence-electron chi connectivity index (χ4n) is 3.10. The Morgan fingerprint density at radius 2 is 1.64 bits per heavy atom. The molecule has 2 aromatic carbocycles. The highest BCUT2D eigenvalue weighted by Gasteiger charge is 2.29. The molecule has 0 aliphatic carbocycles. The Kier molecular flexibility index (Phi) is 4.39. The van der Waals surface area contributed by atoms with Crippen LogP contribution in [-0.2, 0) is 6.42 Å². The molecule has 1 heterocycles. The lowest BCUT2D eigenvalue weighted by atomic mass is 9.89. The quantitative estimate of drug-likeness (QED) is 0.731. The molecule has 0 aromatic heterocycles. The zero-order chi connectivity index (χ0) is 18.1. The molecule has 0 fully saturated rings. The van der Waals surface area contributed by atoms with Gasteiger partial charge in [-0.2, -0.15) is 0 Å². The van der Waals surface area contributed by atoms with Gasteiger partial charge in [-0.3, -0.25) is 0 Å². The van der Waals surface area contributed by atoms with Crippen molar-refractivity contribution in [2.45, 2.75) is 12.3 Å². The second-order valence-corrected chi connectivity index (χ2v) is 5.74. The van der Waals surface area contributed by atoms with Crippen LogP contribution < -0.4 is 18.9 Å². The third kappa shape index (κ3) is 2.82. The zero-order valence-electron chi connectivity index (χ0n) is 14.2. The van der Waals surface area contributed by atoms with Gasteiger partial charge in [-0.15, -0.1) is 0 Å². The van der Waals surface area contributed by atoms with Gasteiger partial charge in [-0.05, 0) is 24.1 Å². The molecule has 0 amide bonds. The average molecular weight is 348 g/mol. The number of phenols is 3. The van der Waals surface area contributed by atoms with E-state index in [4.69, 9.17) is 18.9 Å². The molecule has 7 nitrogen and oxygen atoms in total. The second kappa shape index (κ2) is 6.51. The number of hydrogen-bond donors (Lipinski definition) is 3. The monoisotopic (exact) mass is 348 g/mol. The molecular formula is C18H20O7. The largest absolute Gasteiger partial charge is 0.504 e. The van der Waals surface area contributed by atoms with Crippen molar-refractivity contribution in [3.05, 3.63) is 29.3 Å². The van der Waals surface area contributed by atoms with Crippen LogP contribution in [0.4, 0.5) is 0 Å². The van der Waals surface area contributed by atoms with E-state index in [0.717, 1.165) is 5.56 Å². The van der Waals surface area contributed by atoms with E-state index in [1.165, 1.54) is 33.5 Å². The predicted octanol–water partition coefficient (Wildman–Crippen LogP) is 2.55. The number of hydrogen-bond acceptors (Lipinski definition) is 7. The highest BCUT2D eigenvalue weighted by atomic mass is 16.5. The Hall–Kier alpha value is -2.96. The molecule has 134 valence electrons. The predicted molar refractivity (Wildman–Crippen MR) is 89.5 cm³/mol. The summed E-state index contributed by atoms with van der Waals surface area (Å²) in [4.78, 5) is 0. The number of rotatable bonds is 4. The van der Waals surface area contributed by atoms with Crippen LogP contribution in [0.5, 0.6) is 40.2 Å². The maximum absolute atomic E-state index is 10.5. The summed E-state index contributed by atoms with van der Waals surface area (Å²) >= 11 is 0. The van der Waals surface area contributed by atoms with E-state index in [1.54, 1.807) is 6.07 Å². The highest BCUT2D eigenvalue weighted by Crippen LogP contribution is 2.49. The van der Waals surface area contributed by atoms with Crippen LogP contribution in [-0.4, -0.2) is 43.3 Å². The summed E-state index contributed by atoms with van der Waals surface area (Å²) in [6.07, 6.45) is 0.536. The van der Waals surface area contributed by atoms with Crippen molar-refractivity contribution in [1.29, 1.82) is 0 Å². The maximum Gasteiger partial charge on any atom is 0.207 e. The molecule has 7 heteroatoms. The van der Waals surface area contributed by atoms with Gasteiger partial charge in [0.25, 0.3) is 0 Å². The number of methoxy groups -OCH3 is 3. The molecular weight excluding hydrogens is 328 g/mol. The molecule has 0 spiro atoms. The molecule has 3 N–H and O–H groups in total. The van der Waals surface area contributed by atoms with Gasteiger partial charge in [-0.1, -0.05) is 0 Å². The van der Waals surface area contributed by atoms with E-state index in [2.05, 4.69) is 0 Å². The Morgan fingerprint density at radius 3 is 2.28 bits per heavy atom. The number of ether oxygens (including phenoxy) is 4. The molecule has 2 aromatic rings. The van der Waals surface area contributed by atoms with E-state index in [1.807, 2.05) is 0 Å². The number of fused-ring (bicyclic) bond motifs is 1. The minimum atomic E-state index is -0.215. The van der Waals surface area contributed by atoms with Crippen LogP contribution in [0.1, 0.15) is 17.0 Å². The maximum atomic E-state index is 10.5. The summed E-state index contributed by atoms with van der Waals surface area (Å²) in [5, 5.41) is 30.5. The van der Waals surface area contributed by atoms with Crippen molar-refractivity contribution < 1.29 is 34.3 Å². The summed E-state index contributed by atoms with van der Waals surface area (Å²) in [7, 11) is 4.25. The van der Waals surface area contributed by atoms with E-state index in [9.17, 15) is 15.3 Å². The summed E-state index contributed by atoms with van der Waals surface area (Å²) in [6.45, 7) is 0.279. The SMILES string of the molecule is COc1cc2c(cc1O)OC[C@@H](c1cc(O)c(OC)c(OC)c1O)C2. The summed E-state index contributed by atoms with van der Waals surface area (Å²) in [5.74, 6) is 0.639. The summed E-state index contributed by atoms with van der Waals surface area (Å²) < 4.78 is 21.1. The van der Waals surface area contributed by atoms with Gasteiger partial charge in [0.15, 0.2) is 23.0 Å². The van der Waals surface area contributed by atoms with Crippen molar-refractivity contribution in [2.24, 2.45) is 0 Å². The first-order valence-electron chi connectivity index (χ1n) is 7.69. The first kappa shape index (κ1) is 16.9. The topological polar surface area (TPSA) is 97.6 Å². The third-order valence-electron chi connectivity index (χ3n) is 4.34. The van der Waals surface area contributed by atoms with Crippen LogP contribution >= 0.6 is 0 Å². The average Bonchev–Trinajstić information content (AvgIpc) is 2.61. The number of benzene rings is 2. The van der Waals surface area contributed by atoms with E-state index < -0.39 is 0 Å². The zero-order valence-corrected chi connectivity index (χ0v) is 14.2. The van der Waals surface area contributed by atoms with Gasteiger partial charge in [0.2, 0.25) is 11.5 Å². The van der Waals surface area contributed by atoms with Crippen molar-refractivity contribution in [2.75, 3.05) is 27.9 Å². The molecule has 0 bridgehead atoms. The van der Waals surface area contributed by atoms with Gasteiger partial charge in [0.05, 0.1) is 27.9 Å². The normalized spacial score (nSPS) is 15.9. The number of phenolic OH excluding ortho intramolecular Hbond substituents is 3. The van der Waals surface area contributed by atoms with Crippen LogP contribution in [0, 0.1) is 0 Å². The minimum absolute atomic E-state index is 0.00584. The molecule has 1 atom stereocenters. The Balaban J connectivity index is 2.01. The van der Waals surface area contributed by atoms with Gasteiger partial charge >= 0.3 is 0 Å². The first-order chi connectivity index (χ1) is 12.0. The third-order valence-corrected chi connectivity index (χ3v) is 4.34. The first-order valence-corrected chi connectivity index (χ1v) is 7.69. The molecule has 0 saturated carbocycles. The molecule has 3 rings (SSSR count). The van der Waals surface area contributed by atoms with Gasteiger partial charge in [-0.25, -0.2) is 0 Å². The Morgan fingerprint density at radius 1 is 0.920 bits per heavy atom. The second-order valence-electron chi connectivity index (χ2n) is 5.74. The van der Waals surface area contributed by atoms with E-state index in [-0.39, 0.29) is 41.3 Å². The van der Waals surface area contributed by atoms with Crippen LogP contribution in [0.3, 0.4) is 0 Å². The van der Waals surface area contributed by atoms with Crippen molar-refractivity contribution in [1.82, 2.24) is 0 Å². The van der Waals surface area contributed by atoms with Crippen molar-refractivity contribution in [3.8, 4) is 40.2 Å². The fourth-order valence-corrected chi connectivity index (χ4v) is 3.10. The molecule has 1 aliphatic rings. The molecule has 1 aliphatic heterocycles. The lowest BCUT2D eigenvalue weighted by Gasteiger charge is -2.27. The number of aromatic hydroxyl groups is 3. The summed E-state index contributed by atoms with van der Waals surface area (Å²) in [5.41, 5.74) is 1.33. The molecule has 0 radical (unpaired) electrons. The summed E-state index contributed by atoms with van der Waals surface area (Å²) in [6, 6.07) is 4.66. The van der Waals surface area contributed by atoms with E-state index in [0.29, 0.717) is 23.5 Å². The Bertz CT molecular complexity index is 801. The smallest absolute Gasteiger partial charge is 0.207 e. The Labute approximate surface area is 145 Å². The molecule has 0 unspecified atom stereocenters. The highest BCUT2D eigenvalue weighted by molar-refractivity contribution is 5.63. The van der Waals surface area contributed by atoms with Crippen LogP contribution in [0.25, 0.3) is 0 Å². The van der Waals surface area contributed by atoms with Gasteiger partial charge < -0.3 is 34.3 Å².